The molecule has 3 N–H and O–H groups in total. The lowest BCUT2D eigenvalue weighted by molar-refractivity contribution is 0.171. The number of ether oxygens (including phenoxy) is 2. The van der Waals surface area contributed by atoms with E-state index in [2.05, 4.69) is 0 Å². The first-order valence-corrected chi connectivity index (χ1v) is 4.87. The Hall–Kier alpha value is -1.42. The van der Waals surface area contributed by atoms with Gasteiger partial charge in [0.05, 0.1) is 0 Å². The molecule has 82 valence electrons. The topological polar surface area (TPSA) is 64.7 Å². The molecule has 0 fully saturated rings. The lowest BCUT2D eigenvalue weighted by atomic mass is 9.95. The summed E-state index contributed by atoms with van der Waals surface area (Å²) in [5.74, 6) is 1.16. The highest BCUT2D eigenvalue weighted by Gasteiger charge is 2.23. The molecular weight excluding hydrogens is 194 g/mol. The number of benzene rings is 1. The maximum absolute atomic E-state index is 9.91. The summed E-state index contributed by atoms with van der Waals surface area (Å²) in [5, 5.41) is 9.91. The number of rotatable bonds is 2. The van der Waals surface area contributed by atoms with Gasteiger partial charge in [0, 0.05) is 5.54 Å². The van der Waals surface area contributed by atoms with Crippen molar-refractivity contribution in [2.24, 2.45) is 5.73 Å². The fourth-order valence-electron chi connectivity index (χ4n) is 1.63. The molecule has 0 radical (unpaired) electrons. The van der Waals surface area contributed by atoms with Crippen molar-refractivity contribution in [1.29, 1.82) is 0 Å². The van der Waals surface area contributed by atoms with Gasteiger partial charge in [-0.3, -0.25) is 0 Å². The van der Waals surface area contributed by atoms with Crippen LogP contribution in [0.4, 0.5) is 0 Å². The number of fused-ring (bicyclic) bond motifs is 1. The average molecular weight is 209 g/mol. The second kappa shape index (κ2) is 3.31. The summed E-state index contributed by atoms with van der Waals surface area (Å²) in [6.07, 6.45) is 0.593. The summed E-state index contributed by atoms with van der Waals surface area (Å²) in [5.41, 5.74) is 6.33. The third-order valence-electron chi connectivity index (χ3n) is 2.24. The molecule has 2 rings (SSSR count). The summed E-state index contributed by atoms with van der Waals surface area (Å²) in [6.45, 7) is 3.99. The second-order valence-corrected chi connectivity index (χ2v) is 4.47. The van der Waals surface area contributed by atoms with Crippen LogP contribution in [0.1, 0.15) is 19.4 Å². The summed E-state index contributed by atoms with van der Waals surface area (Å²) < 4.78 is 10.3. The normalized spacial score (nSPS) is 14.3. The number of hydrogen-bond acceptors (Lipinski definition) is 4. The van der Waals surface area contributed by atoms with Crippen molar-refractivity contribution in [3.05, 3.63) is 17.7 Å². The number of hydrogen-bond donors (Lipinski definition) is 2. The first-order valence-electron chi connectivity index (χ1n) is 4.87. The number of aromatic hydroxyl groups is 1. The number of phenols is 1. The molecule has 0 saturated carbocycles. The van der Waals surface area contributed by atoms with Gasteiger partial charge in [-0.15, -0.1) is 0 Å². The van der Waals surface area contributed by atoms with E-state index >= 15 is 0 Å². The first-order chi connectivity index (χ1) is 6.97. The molecule has 0 atom stereocenters. The van der Waals surface area contributed by atoms with E-state index in [0.29, 0.717) is 17.9 Å². The molecule has 0 spiro atoms. The molecule has 0 bridgehead atoms. The Morgan fingerprint density at radius 2 is 2.13 bits per heavy atom. The largest absolute Gasteiger partial charge is 0.504 e. The maximum Gasteiger partial charge on any atom is 0.231 e. The Morgan fingerprint density at radius 1 is 1.40 bits per heavy atom. The smallest absolute Gasteiger partial charge is 0.231 e. The summed E-state index contributed by atoms with van der Waals surface area (Å²) in [6, 6.07) is 3.61. The maximum atomic E-state index is 9.91. The van der Waals surface area contributed by atoms with Gasteiger partial charge in [0.15, 0.2) is 11.5 Å². The molecule has 1 aliphatic heterocycles. The van der Waals surface area contributed by atoms with Crippen molar-refractivity contribution in [2.45, 2.75) is 25.8 Å². The molecule has 0 aliphatic carbocycles. The molecule has 4 nitrogen and oxygen atoms in total. The van der Waals surface area contributed by atoms with Crippen LogP contribution in [0.15, 0.2) is 12.1 Å². The van der Waals surface area contributed by atoms with Crippen molar-refractivity contribution in [3.63, 3.8) is 0 Å². The SMILES string of the molecule is CC(C)(N)Cc1ccc2c(c1O)OCO2. The van der Waals surface area contributed by atoms with Gasteiger partial charge in [-0.25, -0.2) is 0 Å². The van der Waals surface area contributed by atoms with Gasteiger partial charge in [-0.1, -0.05) is 6.07 Å². The monoisotopic (exact) mass is 209 g/mol. The van der Waals surface area contributed by atoms with Gasteiger partial charge in [0.1, 0.15) is 0 Å². The van der Waals surface area contributed by atoms with E-state index in [0.717, 1.165) is 5.56 Å². The summed E-state index contributed by atoms with van der Waals surface area (Å²) in [7, 11) is 0. The van der Waals surface area contributed by atoms with Gasteiger partial charge < -0.3 is 20.3 Å². The highest BCUT2D eigenvalue weighted by atomic mass is 16.7. The highest BCUT2D eigenvalue weighted by Crippen LogP contribution is 2.42. The van der Waals surface area contributed by atoms with Crippen LogP contribution in [-0.4, -0.2) is 17.4 Å². The minimum absolute atomic E-state index is 0.142. The molecule has 1 aromatic carbocycles. The van der Waals surface area contributed by atoms with Crippen molar-refractivity contribution in [1.82, 2.24) is 0 Å². The minimum atomic E-state index is -0.356. The molecular formula is C11H15NO3. The van der Waals surface area contributed by atoms with E-state index in [9.17, 15) is 5.11 Å². The van der Waals surface area contributed by atoms with Crippen molar-refractivity contribution >= 4 is 0 Å². The van der Waals surface area contributed by atoms with Crippen LogP contribution in [0.2, 0.25) is 0 Å². The summed E-state index contributed by atoms with van der Waals surface area (Å²) >= 11 is 0. The Kier molecular flexibility index (Phi) is 2.23. The van der Waals surface area contributed by atoms with Gasteiger partial charge >= 0.3 is 0 Å². The van der Waals surface area contributed by atoms with Gasteiger partial charge in [0.2, 0.25) is 12.5 Å². The van der Waals surface area contributed by atoms with E-state index in [4.69, 9.17) is 15.2 Å². The molecule has 15 heavy (non-hydrogen) atoms. The molecule has 4 heteroatoms. The van der Waals surface area contributed by atoms with Crippen molar-refractivity contribution in [2.75, 3.05) is 6.79 Å². The zero-order valence-corrected chi connectivity index (χ0v) is 8.91. The Bertz CT molecular complexity index is 382. The quantitative estimate of drug-likeness (QED) is 0.772. The highest BCUT2D eigenvalue weighted by molar-refractivity contribution is 5.56. The predicted molar refractivity (Wildman–Crippen MR) is 56.2 cm³/mol. The fraction of sp³-hybridized carbons (Fsp3) is 0.455. The summed E-state index contributed by atoms with van der Waals surface area (Å²) in [4.78, 5) is 0. The fourth-order valence-corrected chi connectivity index (χ4v) is 1.63. The molecule has 1 aromatic rings. The number of nitrogens with two attached hydrogens (primary N) is 1. The van der Waals surface area contributed by atoms with Crippen LogP contribution in [0, 0.1) is 0 Å². The molecule has 0 aromatic heterocycles. The van der Waals surface area contributed by atoms with Crippen LogP contribution >= 0.6 is 0 Å². The average Bonchev–Trinajstić information content (AvgIpc) is 2.56. The van der Waals surface area contributed by atoms with Gasteiger partial charge in [-0.05, 0) is 31.9 Å². The van der Waals surface area contributed by atoms with E-state index in [-0.39, 0.29) is 18.1 Å². The molecule has 0 unspecified atom stereocenters. The van der Waals surface area contributed by atoms with Gasteiger partial charge in [0.25, 0.3) is 0 Å². The van der Waals surface area contributed by atoms with Crippen LogP contribution in [0.5, 0.6) is 17.2 Å². The van der Waals surface area contributed by atoms with E-state index in [1.807, 2.05) is 19.9 Å². The predicted octanol–water partition coefficient (Wildman–Crippen LogP) is 1.40. The zero-order chi connectivity index (χ0) is 11.1. The third-order valence-corrected chi connectivity index (χ3v) is 2.24. The van der Waals surface area contributed by atoms with E-state index < -0.39 is 0 Å². The minimum Gasteiger partial charge on any atom is -0.504 e. The van der Waals surface area contributed by atoms with Crippen LogP contribution in [0.3, 0.4) is 0 Å². The van der Waals surface area contributed by atoms with Crippen LogP contribution in [0.25, 0.3) is 0 Å². The van der Waals surface area contributed by atoms with Gasteiger partial charge in [-0.2, -0.15) is 0 Å². The first kappa shape index (κ1) is 10.1. The van der Waals surface area contributed by atoms with Crippen LogP contribution < -0.4 is 15.2 Å². The second-order valence-electron chi connectivity index (χ2n) is 4.47. The van der Waals surface area contributed by atoms with E-state index in [1.165, 1.54) is 0 Å². The van der Waals surface area contributed by atoms with E-state index in [1.54, 1.807) is 6.07 Å². The third kappa shape index (κ3) is 1.99. The lowest BCUT2D eigenvalue weighted by Crippen LogP contribution is -2.34. The Balaban J connectivity index is 2.34. The van der Waals surface area contributed by atoms with Crippen molar-refractivity contribution < 1.29 is 14.6 Å². The Morgan fingerprint density at radius 3 is 2.80 bits per heavy atom. The Labute approximate surface area is 88.6 Å². The lowest BCUT2D eigenvalue weighted by Gasteiger charge is -2.19. The van der Waals surface area contributed by atoms with Crippen molar-refractivity contribution in [3.8, 4) is 17.2 Å². The number of phenolic OH excluding ortho intramolecular Hbond substituents is 1. The van der Waals surface area contributed by atoms with Crippen LogP contribution in [-0.2, 0) is 6.42 Å². The molecule has 1 aliphatic rings. The molecule has 1 heterocycles. The standard InChI is InChI=1S/C11H15NO3/c1-11(2,12)5-7-3-4-8-10(9(7)13)15-6-14-8/h3-4,13H,5-6,12H2,1-2H3. The molecule has 0 saturated heterocycles. The molecule has 0 amide bonds. The zero-order valence-electron chi connectivity index (χ0n) is 8.91.